The molecule has 1 heterocycles. The van der Waals surface area contributed by atoms with Gasteiger partial charge in [0.1, 0.15) is 0 Å². The van der Waals surface area contributed by atoms with Gasteiger partial charge in [-0.1, -0.05) is 33.8 Å². The molecule has 0 aliphatic heterocycles. The van der Waals surface area contributed by atoms with Crippen molar-refractivity contribution in [2.75, 3.05) is 0 Å². The lowest BCUT2D eigenvalue weighted by Crippen LogP contribution is -2.30. The minimum absolute atomic E-state index is 0. The molecule has 0 saturated heterocycles. The van der Waals surface area contributed by atoms with Crippen molar-refractivity contribution in [1.82, 2.24) is 10.3 Å². The van der Waals surface area contributed by atoms with E-state index >= 15 is 0 Å². The Morgan fingerprint density at radius 1 is 1.28 bits per heavy atom. The molecule has 0 bridgehead atoms. The van der Waals surface area contributed by atoms with Crippen LogP contribution >= 0.6 is 0 Å². The summed E-state index contributed by atoms with van der Waals surface area (Å²) in [5.41, 5.74) is 2.02. The molecule has 0 fully saturated rings. The van der Waals surface area contributed by atoms with E-state index in [1.165, 1.54) is 0 Å². The molecular weight excluding hydrogens is 224 g/mol. The Hall–Kier alpha value is -1.38. The van der Waals surface area contributed by atoms with Gasteiger partial charge in [-0.2, -0.15) is 0 Å². The highest BCUT2D eigenvalue weighted by Gasteiger charge is 2.13. The van der Waals surface area contributed by atoms with Crippen molar-refractivity contribution < 1.29 is 6.22 Å². The SMILES string of the molecule is CC(C)Cc1cccc([C@H](C)NC(=O)C(C)C)n1.[HH]. The van der Waals surface area contributed by atoms with Gasteiger partial charge in [0, 0.05) is 13.0 Å². The second kappa shape index (κ2) is 6.53. The Morgan fingerprint density at radius 2 is 1.94 bits per heavy atom. The van der Waals surface area contributed by atoms with Crippen molar-refractivity contribution in [3.63, 3.8) is 0 Å². The molecule has 18 heavy (non-hydrogen) atoms. The first-order valence-corrected chi connectivity index (χ1v) is 6.66. The highest BCUT2D eigenvalue weighted by Crippen LogP contribution is 2.13. The zero-order valence-electron chi connectivity index (χ0n) is 12.0. The van der Waals surface area contributed by atoms with Crippen molar-refractivity contribution >= 4 is 5.91 Å². The molecule has 0 aromatic carbocycles. The predicted octanol–water partition coefficient (Wildman–Crippen LogP) is 3.36. The van der Waals surface area contributed by atoms with Gasteiger partial charge >= 0.3 is 0 Å². The molecule has 0 aliphatic carbocycles. The molecule has 3 heteroatoms. The summed E-state index contributed by atoms with van der Waals surface area (Å²) in [7, 11) is 0. The van der Waals surface area contributed by atoms with Gasteiger partial charge in [-0.15, -0.1) is 0 Å². The van der Waals surface area contributed by atoms with Gasteiger partial charge in [-0.25, -0.2) is 0 Å². The summed E-state index contributed by atoms with van der Waals surface area (Å²) in [6, 6.07) is 5.99. The fourth-order valence-corrected chi connectivity index (χ4v) is 1.73. The zero-order valence-corrected chi connectivity index (χ0v) is 12.0. The average molecular weight is 250 g/mol. The molecular formula is C15H26N2O. The minimum atomic E-state index is -0.0352. The molecule has 102 valence electrons. The van der Waals surface area contributed by atoms with Crippen LogP contribution in [-0.2, 0) is 11.2 Å². The Kier molecular flexibility index (Phi) is 5.32. The lowest BCUT2D eigenvalue weighted by atomic mass is 10.1. The molecule has 0 saturated carbocycles. The van der Waals surface area contributed by atoms with Crippen LogP contribution in [0.25, 0.3) is 0 Å². The maximum atomic E-state index is 11.7. The minimum Gasteiger partial charge on any atom is -0.348 e. The quantitative estimate of drug-likeness (QED) is 0.870. The highest BCUT2D eigenvalue weighted by atomic mass is 16.1. The van der Waals surface area contributed by atoms with Crippen LogP contribution < -0.4 is 5.32 Å². The van der Waals surface area contributed by atoms with Gasteiger partial charge < -0.3 is 5.32 Å². The van der Waals surface area contributed by atoms with Crippen LogP contribution in [-0.4, -0.2) is 10.9 Å². The number of carbonyl (C=O) groups excluding carboxylic acids is 1. The largest absolute Gasteiger partial charge is 0.348 e. The zero-order chi connectivity index (χ0) is 13.7. The van der Waals surface area contributed by atoms with Crippen molar-refractivity contribution in [1.29, 1.82) is 0 Å². The van der Waals surface area contributed by atoms with E-state index in [9.17, 15) is 4.79 Å². The third-order valence-electron chi connectivity index (χ3n) is 2.77. The molecule has 1 N–H and O–H groups in total. The summed E-state index contributed by atoms with van der Waals surface area (Å²) in [6.45, 7) is 10.1. The third kappa shape index (κ3) is 4.47. The number of nitrogens with one attached hydrogen (secondary N) is 1. The molecule has 0 radical (unpaired) electrons. The second-order valence-electron chi connectivity index (χ2n) is 5.54. The summed E-state index contributed by atoms with van der Waals surface area (Å²) in [4.78, 5) is 16.3. The number of nitrogens with zero attached hydrogens (tertiary/aromatic N) is 1. The van der Waals surface area contributed by atoms with Gasteiger partial charge in [-0.3, -0.25) is 9.78 Å². The molecule has 1 aromatic rings. The molecule has 3 nitrogen and oxygen atoms in total. The number of rotatable bonds is 5. The second-order valence-corrected chi connectivity index (χ2v) is 5.54. The molecule has 1 amide bonds. The lowest BCUT2D eigenvalue weighted by molar-refractivity contribution is -0.124. The number of carbonyl (C=O) groups is 1. The molecule has 1 atom stereocenters. The Labute approximate surface area is 111 Å². The van der Waals surface area contributed by atoms with Crippen LogP contribution in [0.1, 0.15) is 53.5 Å². The normalized spacial score (nSPS) is 12.8. The molecule has 0 unspecified atom stereocenters. The molecule has 0 aliphatic rings. The number of amides is 1. The smallest absolute Gasteiger partial charge is 0.223 e. The maximum absolute atomic E-state index is 11.7. The number of hydrogen-bond acceptors (Lipinski definition) is 2. The van der Waals surface area contributed by atoms with Crippen LogP contribution in [0.4, 0.5) is 0 Å². The Bertz CT molecular complexity index is 405. The van der Waals surface area contributed by atoms with E-state index in [1.54, 1.807) is 0 Å². The van der Waals surface area contributed by atoms with Gasteiger partial charge in [-0.05, 0) is 31.4 Å². The summed E-state index contributed by atoms with van der Waals surface area (Å²) in [5.74, 6) is 0.665. The summed E-state index contributed by atoms with van der Waals surface area (Å²) in [6.07, 6.45) is 0.971. The predicted molar refractivity (Wildman–Crippen MR) is 76.3 cm³/mol. The summed E-state index contributed by atoms with van der Waals surface area (Å²) < 4.78 is 0. The van der Waals surface area contributed by atoms with Crippen molar-refractivity contribution in [3.05, 3.63) is 29.6 Å². The molecule has 1 aromatic heterocycles. The topological polar surface area (TPSA) is 42.0 Å². The summed E-state index contributed by atoms with van der Waals surface area (Å²) >= 11 is 0. The lowest BCUT2D eigenvalue weighted by Gasteiger charge is -2.16. The first kappa shape index (κ1) is 14.7. The van der Waals surface area contributed by atoms with E-state index < -0.39 is 0 Å². The monoisotopic (exact) mass is 250 g/mol. The van der Waals surface area contributed by atoms with Crippen molar-refractivity contribution in [3.8, 4) is 0 Å². The Balaban J connectivity index is 0.00000324. The van der Waals surface area contributed by atoms with Crippen LogP contribution in [0.15, 0.2) is 18.2 Å². The van der Waals surface area contributed by atoms with Crippen LogP contribution in [0, 0.1) is 11.8 Å². The van der Waals surface area contributed by atoms with Crippen LogP contribution in [0.2, 0.25) is 0 Å². The van der Waals surface area contributed by atoms with E-state index in [2.05, 4.69) is 24.1 Å². The fourth-order valence-electron chi connectivity index (χ4n) is 1.73. The van der Waals surface area contributed by atoms with Crippen molar-refractivity contribution in [2.24, 2.45) is 11.8 Å². The highest BCUT2D eigenvalue weighted by molar-refractivity contribution is 5.78. The molecule has 1 rings (SSSR count). The van der Waals surface area contributed by atoms with Crippen LogP contribution in [0.5, 0.6) is 0 Å². The van der Waals surface area contributed by atoms with E-state index in [0.29, 0.717) is 5.92 Å². The van der Waals surface area contributed by atoms with Gasteiger partial charge in [0.05, 0.1) is 11.7 Å². The first-order valence-electron chi connectivity index (χ1n) is 6.66. The van der Waals surface area contributed by atoms with Crippen molar-refractivity contribution in [2.45, 2.75) is 47.1 Å². The first-order chi connectivity index (χ1) is 8.40. The number of aromatic nitrogens is 1. The number of hydrogen-bond donors (Lipinski definition) is 1. The van der Waals surface area contributed by atoms with E-state index in [1.807, 2.05) is 39.0 Å². The molecule has 0 spiro atoms. The van der Waals surface area contributed by atoms with E-state index in [4.69, 9.17) is 0 Å². The van der Waals surface area contributed by atoms with Gasteiger partial charge in [0.2, 0.25) is 5.91 Å². The van der Waals surface area contributed by atoms with Gasteiger partial charge in [0.15, 0.2) is 0 Å². The standard InChI is InChI=1S/C15H24N2O.H2/c1-10(2)9-13-7-6-8-14(17-13)12(5)16-15(18)11(3)4;/h6-8,10-12H,9H2,1-5H3,(H,16,18);1H/t12-;/m0./s1. The van der Waals surface area contributed by atoms with E-state index in [0.717, 1.165) is 17.8 Å². The third-order valence-corrected chi connectivity index (χ3v) is 2.77. The Morgan fingerprint density at radius 3 is 2.50 bits per heavy atom. The van der Waals surface area contributed by atoms with Crippen LogP contribution in [0.3, 0.4) is 0 Å². The number of pyridine rings is 1. The average Bonchev–Trinajstić information content (AvgIpc) is 2.28. The maximum Gasteiger partial charge on any atom is 0.223 e. The van der Waals surface area contributed by atoms with Gasteiger partial charge in [0.25, 0.3) is 0 Å². The summed E-state index contributed by atoms with van der Waals surface area (Å²) in [5, 5.41) is 2.97. The fraction of sp³-hybridized carbons (Fsp3) is 0.600. The van der Waals surface area contributed by atoms with E-state index in [-0.39, 0.29) is 19.3 Å².